The first-order chi connectivity index (χ1) is 17.9. The van der Waals surface area contributed by atoms with E-state index in [9.17, 15) is 4.21 Å². The molecule has 4 aromatic rings. The summed E-state index contributed by atoms with van der Waals surface area (Å²) < 4.78 is 34.7. The predicted octanol–water partition coefficient (Wildman–Crippen LogP) is 4.07. The summed E-state index contributed by atoms with van der Waals surface area (Å²) in [6, 6.07) is 10.7. The van der Waals surface area contributed by atoms with Gasteiger partial charge in [0.05, 0.1) is 31.6 Å². The number of rotatable bonds is 10. The van der Waals surface area contributed by atoms with Gasteiger partial charge in [0.15, 0.2) is 5.82 Å². The van der Waals surface area contributed by atoms with Crippen LogP contribution in [-0.2, 0) is 11.0 Å². The average molecular weight is 544 g/mol. The van der Waals surface area contributed by atoms with E-state index >= 15 is 0 Å². The zero-order valence-corrected chi connectivity index (χ0v) is 22.4. The standard InChI is InChI=1S/C24H26ClN7O4S/c1-14(22-26-12-16(25)13-27-22)15(2)37(33)31-24-30-29-23(17-8-6-11-20(28-17)36-5)32(24)21-18(34-3)9-7-10-19(21)35-4/h6-15H,1-5H3,(H,30,31). The van der Waals surface area contributed by atoms with Gasteiger partial charge in [0.1, 0.15) is 39.7 Å². The molecular formula is C24H26ClN7O4S. The van der Waals surface area contributed by atoms with Crippen molar-refractivity contribution in [1.82, 2.24) is 29.7 Å². The van der Waals surface area contributed by atoms with E-state index in [4.69, 9.17) is 25.8 Å². The lowest BCUT2D eigenvalue weighted by Gasteiger charge is -2.20. The number of hydrogen-bond donors (Lipinski definition) is 1. The molecular weight excluding hydrogens is 518 g/mol. The molecule has 0 radical (unpaired) electrons. The van der Waals surface area contributed by atoms with Crippen molar-refractivity contribution in [2.24, 2.45) is 0 Å². The van der Waals surface area contributed by atoms with Gasteiger partial charge in [-0.2, -0.15) is 0 Å². The Hall–Kier alpha value is -3.77. The Balaban J connectivity index is 1.79. The van der Waals surface area contributed by atoms with Crippen molar-refractivity contribution < 1.29 is 18.4 Å². The maximum Gasteiger partial charge on any atom is 0.241 e. The normalized spacial score (nSPS) is 13.5. The van der Waals surface area contributed by atoms with Crippen molar-refractivity contribution in [2.45, 2.75) is 25.0 Å². The molecule has 4 rings (SSSR count). The SMILES string of the molecule is COc1cccc(-c2nnc(NS(=O)C(C)C(C)c3ncc(Cl)cn3)n2-c2c(OC)cccc2OC)n1. The Labute approximate surface area is 221 Å². The van der Waals surface area contributed by atoms with E-state index in [1.807, 2.05) is 13.8 Å². The number of hydrogen-bond acceptors (Lipinski definition) is 9. The van der Waals surface area contributed by atoms with Crippen molar-refractivity contribution in [3.8, 4) is 34.6 Å². The van der Waals surface area contributed by atoms with Gasteiger partial charge in [0, 0.05) is 24.4 Å². The molecule has 1 aromatic carbocycles. The lowest BCUT2D eigenvalue weighted by molar-refractivity contribution is 0.391. The fourth-order valence-electron chi connectivity index (χ4n) is 3.57. The van der Waals surface area contributed by atoms with Crippen LogP contribution in [0.15, 0.2) is 48.8 Å². The molecule has 3 unspecified atom stereocenters. The number of halogens is 1. The Bertz CT molecular complexity index is 1380. The lowest BCUT2D eigenvalue weighted by atomic mass is 10.1. The molecule has 0 aliphatic rings. The highest BCUT2D eigenvalue weighted by atomic mass is 35.5. The van der Waals surface area contributed by atoms with Crippen molar-refractivity contribution in [1.29, 1.82) is 0 Å². The average Bonchev–Trinajstić information content (AvgIpc) is 3.34. The molecule has 0 spiro atoms. The molecule has 0 fully saturated rings. The van der Waals surface area contributed by atoms with Gasteiger partial charge in [-0.15, -0.1) is 10.2 Å². The van der Waals surface area contributed by atoms with Crippen molar-refractivity contribution in [3.05, 3.63) is 59.6 Å². The van der Waals surface area contributed by atoms with Crippen LogP contribution in [0.2, 0.25) is 5.02 Å². The zero-order valence-electron chi connectivity index (χ0n) is 20.9. The predicted molar refractivity (Wildman–Crippen MR) is 141 cm³/mol. The van der Waals surface area contributed by atoms with E-state index in [1.165, 1.54) is 19.5 Å². The number of pyridine rings is 1. The second-order valence-electron chi connectivity index (χ2n) is 7.91. The first kappa shape index (κ1) is 26.3. The van der Waals surface area contributed by atoms with Crippen LogP contribution >= 0.6 is 11.6 Å². The second-order valence-corrected chi connectivity index (χ2v) is 9.89. The number of para-hydroxylation sites is 1. The molecule has 3 heterocycles. The number of methoxy groups -OCH3 is 3. The molecule has 0 aliphatic carbocycles. The number of aromatic nitrogens is 6. The van der Waals surface area contributed by atoms with Crippen molar-refractivity contribution in [3.63, 3.8) is 0 Å². The van der Waals surface area contributed by atoms with Crippen LogP contribution in [0.25, 0.3) is 17.2 Å². The first-order valence-corrected chi connectivity index (χ1v) is 12.8. The van der Waals surface area contributed by atoms with Crippen LogP contribution in [0.1, 0.15) is 25.6 Å². The van der Waals surface area contributed by atoms with Gasteiger partial charge in [0.2, 0.25) is 11.8 Å². The van der Waals surface area contributed by atoms with Gasteiger partial charge >= 0.3 is 0 Å². The van der Waals surface area contributed by atoms with Gasteiger partial charge in [-0.1, -0.05) is 30.7 Å². The zero-order chi connectivity index (χ0) is 26.5. The van der Waals surface area contributed by atoms with Crippen LogP contribution in [-0.4, -0.2) is 60.5 Å². The molecule has 3 atom stereocenters. The van der Waals surface area contributed by atoms with Crippen LogP contribution in [0.4, 0.5) is 5.95 Å². The van der Waals surface area contributed by atoms with E-state index in [0.29, 0.717) is 45.4 Å². The van der Waals surface area contributed by atoms with Crippen LogP contribution in [0, 0.1) is 0 Å². The molecule has 0 saturated carbocycles. The Kier molecular flexibility index (Phi) is 8.19. The van der Waals surface area contributed by atoms with Gasteiger partial charge in [0.25, 0.3) is 0 Å². The molecule has 194 valence electrons. The Morgan fingerprint density at radius 3 is 2.22 bits per heavy atom. The first-order valence-electron chi connectivity index (χ1n) is 11.2. The summed E-state index contributed by atoms with van der Waals surface area (Å²) in [5.74, 6) is 2.24. The third-order valence-electron chi connectivity index (χ3n) is 5.73. The van der Waals surface area contributed by atoms with Gasteiger partial charge < -0.3 is 14.2 Å². The highest BCUT2D eigenvalue weighted by molar-refractivity contribution is 7.87. The Morgan fingerprint density at radius 1 is 0.946 bits per heavy atom. The minimum Gasteiger partial charge on any atom is -0.494 e. The third kappa shape index (κ3) is 5.49. The van der Waals surface area contributed by atoms with Crippen LogP contribution in [0.5, 0.6) is 17.4 Å². The molecule has 13 heteroatoms. The quantitative estimate of drug-likeness (QED) is 0.315. The third-order valence-corrected chi connectivity index (χ3v) is 7.39. The molecule has 37 heavy (non-hydrogen) atoms. The minimum atomic E-state index is -1.61. The number of benzene rings is 1. The number of anilines is 1. The maximum absolute atomic E-state index is 13.5. The molecule has 11 nitrogen and oxygen atoms in total. The fourth-order valence-corrected chi connectivity index (χ4v) is 4.66. The van der Waals surface area contributed by atoms with E-state index in [0.717, 1.165) is 0 Å². The van der Waals surface area contributed by atoms with Crippen LogP contribution < -0.4 is 18.9 Å². The number of nitrogens with one attached hydrogen (secondary N) is 1. The van der Waals surface area contributed by atoms with Crippen molar-refractivity contribution in [2.75, 3.05) is 26.1 Å². The van der Waals surface area contributed by atoms with Crippen LogP contribution in [0.3, 0.4) is 0 Å². The fraction of sp³-hybridized carbons (Fsp3) is 0.292. The molecule has 0 bridgehead atoms. The summed E-state index contributed by atoms with van der Waals surface area (Å²) in [5, 5.41) is 8.70. The van der Waals surface area contributed by atoms with Gasteiger partial charge in [-0.05, 0) is 25.1 Å². The topological polar surface area (TPSA) is 126 Å². The summed E-state index contributed by atoms with van der Waals surface area (Å²) in [7, 11) is 3.01. The van der Waals surface area contributed by atoms with Gasteiger partial charge in [-0.25, -0.2) is 19.2 Å². The molecule has 3 aromatic heterocycles. The smallest absolute Gasteiger partial charge is 0.241 e. The molecule has 1 N–H and O–H groups in total. The van der Waals surface area contributed by atoms with E-state index < -0.39 is 16.2 Å². The van der Waals surface area contributed by atoms with Gasteiger partial charge in [-0.3, -0.25) is 9.29 Å². The van der Waals surface area contributed by atoms with Crippen molar-refractivity contribution >= 4 is 28.5 Å². The number of ether oxygens (including phenoxy) is 3. The summed E-state index contributed by atoms with van der Waals surface area (Å²) in [6.45, 7) is 3.73. The van der Waals surface area contributed by atoms with E-state index in [1.54, 1.807) is 55.2 Å². The lowest BCUT2D eigenvalue weighted by Crippen LogP contribution is -2.26. The number of nitrogens with zero attached hydrogens (tertiary/aromatic N) is 6. The summed E-state index contributed by atoms with van der Waals surface area (Å²) in [5.41, 5.74) is 0.993. The maximum atomic E-state index is 13.5. The summed E-state index contributed by atoms with van der Waals surface area (Å²) >= 11 is 5.91. The Morgan fingerprint density at radius 2 is 1.59 bits per heavy atom. The highest BCUT2D eigenvalue weighted by Gasteiger charge is 2.28. The monoisotopic (exact) mass is 543 g/mol. The molecule has 0 amide bonds. The highest BCUT2D eigenvalue weighted by Crippen LogP contribution is 2.37. The van der Waals surface area contributed by atoms with E-state index in [-0.39, 0.29) is 11.9 Å². The minimum absolute atomic E-state index is 0.205. The van der Waals surface area contributed by atoms with E-state index in [2.05, 4.69) is 29.9 Å². The summed E-state index contributed by atoms with van der Waals surface area (Å²) in [6.07, 6.45) is 3.03. The largest absolute Gasteiger partial charge is 0.494 e. The molecule has 0 saturated heterocycles. The molecule has 0 aliphatic heterocycles. The summed E-state index contributed by atoms with van der Waals surface area (Å²) in [4.78, 5) is 13.0. The second kappa shape index (κ2) is 11.5.